The number of hydrogen-bond acceptors (Lipinski definition) is 6. The van der Waals surface area contributed by atoms with E-state index in [4.69, 9.17) is 9.15 Å². The van der Waals surface area contributed by atoms with Gasteiger partial charge in [0, 0.05) is 18.2 Å². The molecular weight excluding hydrogens is 378 g/mol. The zero-order valence-corrected chi connectivity index (χ0v) is 17.2. The van der Waals surface area contributed by atoms with Gasteiger partial charge in [0.15, 0.2) is 6.61 Å². The molecule has 28 heavy (non-hydrogen) atoms. The van der Waals surface area contributed by atoms with E-state index in [2.05, 4.69) is 0 Å². The molecule has 0 unspecified atom stereocenters. The second-order valence-corrected chi connectivity index (χ2v) is 8.06. The van der Waals surface area contributed by atoms with Crippen molar-refractivity contribution in [3.8, 4) is 0 Å². The molecule has 1 amide bonds. The van der Waals surface area contributed by atoms with Crippen molar-refractivity contribution in [3.63, 3.8) is 0 Å². The number of Topliss-reactive ketones (excluding diaryl/α,β-unsaturated/α-hetero) is 1. The van der Waals surface area contributed by atoms with Crippen LogP contribution in [0.3, 0.4) is 0 Å². The number of carbonyl (C=O) groups excluding carboxylic acids is 3. The third-order valence-electron chi connectivity index (χ3n) is 4.72. The number of hydrogen-bond donors (Lipinski definition) is 0. The van der Waals surface area contributed by atoms with Crippen LogP contribution in [0.15, 0.2) is 34.9 Å². The quantitative estimate of drug-likeness (QED) is 0.563. The molecule has 2 atom stereocenters. The van der Waals surface area contributed by atoms with Crippen LogP contribution in [0.25, 0.3) is 0 Å². The summed E-state index contributed by atoms with van der Waals surface area (Å²) in [6.07, 6.45) is 1.53. The van der Waals surface area contributed by atoms with Gasteiger partial charge in [0.05, 0.1) is 6.26 Å². The Morgan fingerprint density at radius 1 is 1.21 bits per heavy atom. The highest BCUT2D eigenvalue weighted by molar-refractivity contribution is 7.99. The first-order chi connectivity index (χ1) is 13.3. The van der Waals surface area contributed by atoms with E-state index in [9.17, 15) is 14.4 Å². The molecule has 1 aromatic heterocycles. The van der Waals surface area contributed by atoms with Crippen LogP contribution in [0.4, 0.5) is 0 Å². The first-order valence-corrected chi connectivity index (χ1v) is 10.1. The average molecular weight is 401 g/mol. The number of benzene rings is 1. The maximum Gasteiger partial charge on any atom is 0.330 e. The molecule has 3 rings (SSSR count). The summed E-state index contributed by atoms with van der Waals surface area (Å²) in [5.74, 6) is -0.0681. The third-order valence-corrected chi connectivity index (χ3v) is 6.01. The van der Waals surface area contributed by atoms with Gasteiger partial charge in [-0.3, -0.25) is 9.59 Å². The number of amides is 1. The van der Waals surface area contributed by atoms with E-state index >= 15 is 0 Å². The Labute approximate surface area is 168 Å². The van der Waals surface area contributed by atoms with Crippen molar-refractivity contribution >= 4 is 29.4 Å². The number of nitrogens with zero attached hydrogens (tertiary/aromatic N) is 1. The Hall–Kier alpha value is -2.54. The second-order valence-electron chi connectivity index (χ2n) is 6.95. The van der Waals surface area contributed by atoms with Crippen molar-refractivity contribution in [2.75, 3.05) is 12.4 Å². The van der Waals surface area contributed by atoms with Crippen LogP contribution in [0.5, 0.6) is 0 Å². The van der Waals surface area contributed by atoms with E-state index in [1.54, 1.807) is 12.1 Å². The molecule has 1 aliphatic rings. The van der Waals surface area contributed by atoms with Crippen LogP contribution in [-0.4, -0.2) is 41.0 Å². The standard InChI is InChI=1S/C21H23NO5S/c1-12-8-13(2)19(14(3)9-12)17(24)10-27-21(25)16-11-28-20(22(16)15(4)23)18-6-5-7-26-18/h5-9,16,20H,10-11H2,1-4H3/t16-,20+/m1/s1. The predicted molar refractivity (Wildman–Crippen MR) is 106 cm³/mol. The average Bonchev–Trinajstić information content (AvgIpc) is 3.27. The van der Waals surface area contributed by atoms with Gasteiger partial charge in [-0.25, -0.2) is 4.79 Å². The van der Waals surface area contributed by atoms with Gasteiger partial charge >= 0.3 is 5.97 Å². The highest BCUT2D eigenvalue weighted by Gasteiger charge is 2.43. The lowest BCUT2D eigenvalue weighted by Crippen LogP contribution is -2.43. The smallest absolute Gasteiger partial charge is 0.330 e. The molecule has 0 bridgehead atoms. The molecule has 6 nitrogen and oxygen atoms in total. The number of esters is 1. The minimum atomic E-state index is -0.745. The Morgan fingerprint density at radius 2 is 1.89 bits per heavy atom. The van der Waals surface area contributed by atoms with Gasteiger partial charge in [0.2, 0.25) is 11.7 Å². The molecule has 0 saturated carbocycles. The van der Waals surface area contributed by atoms with Crippen LogP contribution >= 0.6 is 11.8 Å². The minimum absolute atomic E-state index is 0.244. The lowest BCUT2D eigenvalue weighted by Gasteiger charge is -2.25. The Kier molecular flexibility index (Phi) is 5.93. The van der Waals surface area contributed by atoms with Gasteiger partial charge in [-0.1, -0.05) is 17.7 Å². The molecule has 2 aromatic rings. The Balaban J connectivity index is 1.69. The lowest BCUT2D eigenvalue weighted by atomic mass is 9.97. The summed E-state index contributed by atoms with van der Waals surface area (Å²) in [5, 5.41) is -0.373. The summed E-state index contributed by atoms with van der Waals surface area (Å²) >= 11 is 1.44. The zero-order chi connectivity index (χ0) is 20.4. The van der Waals surface area contributed by atoms with Crippen LogP contribution in [0, 0.1) is 20.8 Å². The fraction of sp³-hybridized carbons (Fsp3) is 0.381. The number of ketones is 1. The number of aryl methyl sites for hydroxylation is 3. The van der Waals surface area contributed by atoms with Crippen molar-refractivity contribution in [1.29, 1.82) is 0 Å². The molecule has 0 N–H and O–H groups in total. The molecule has 2 heterocycles. The van der Waals surface area contributed by atoms with Gasteiger partial charge < -0.3 is 14.1 Å². The van der Waals surface area contributed by atoms with Crippen LogP contribution < -0.4 is 0 Å². The van der Waals surface area contributed by atoms with E-state index < -0.39 is 12.0 Å². The lowest BCUT2D eigenvalue weighted by molar-refractivity contribution is -0.152. The van der Waals surface area contributed by atoms with E-state index in [1.165, 1.54) is 29.8 Å². The molecule has 0 radical (unpaired) electrons. The number of thioether (sulfide) groups is 1. The summed E-state index contributed by atoms with van der Waals surface area (Å²) < 4.78 is 10.7. The fourth-order valence-corrected chi connectivity index (χ4v) is 5.06. The van der Waals surface area contributed by atoms with E-state index in [0.717, 1.165) is 16.7 Å². The summed E-state index contributed by atoms with van der Waals surface area (Å²) in [7, 11) is 0. The maximum atomic E-state index is 12.6. The molecule has 148 valence electrons. The van der Waals surface area contributed by atoms with E-state index in [0.29, 0.717) is 17.1 Å². The van der Waals surface area contributed by atoms with E-state index in [-0.39, 0.29) is 23.7 Å². The van der Waals surface area contributed by atoms with Crippen LogP contribution in [0.1, 0.15) is 45.1 Å². The van der Waals surface area contributed by atoms with Gasteiger partial charge in [0.1, 0.15) is 17.2 Å². The van der Waals surface area contributed by atoms with Crippen molar-refractivity contribution in [3.05, 3.63) is 58.5 Å². The molecule has 1 fully saturated rings. The summed E-state index contributed by atoms with van der Waals surface area (Å²) in [5.41, 5.74) is 3.38. The number of carbonyl (C=O) groups is 3. The van der Waals surface area contributed by atoms with Gasteiger partial charge in [-0.15, -0.1) is 11.8 Å². The molecule has 0 spiro atoms. The Morgan fingerprint density at radius 3 is 2.46 bits per heavy atom. The largest absolute Gasteiger partial charge is 0.466 e. The zero-order valence-electron chi connectivity index (χ0n) is 16.4. The second kappa shape index (κ2) is 8.22. The normalized spacial score (nSPS) is 18.9. The van der Waals surface area contributed by atoms with Gasteiger partial charge in [0.25, 0.3) is 0 Å². The molecule has 1 saturated heterocycles. The number of rotatable bonds is 5. The van der Waals surface area contributed by atoms with Crippen molar-refractivity contribution in [2.45, 2.75) is 39.1 Å². The van der Waals surface area contributed by atoms with Crippen molar-refractivity contribution in [1.82, 2.24) is 4.90 Å². The number of furan rings is 1. The minimum Gasteiger partial charge on any atom is -0.466 e. The van der Waals surface area contributed by atoms with Crippen LogP contribution in [0.2, 0.25) is 0 Å². The topological polar surface area (TPSA) is 76.8 Å². The predicted octanol–water partition coefficient (Wildman–Crippen LogP) is 3.59. The number of ether oxygens (including phenoxy) is 1. The monoisotopic (exact) mass is 401 g/mol. The van der Waals surface area contributed by atoms with E-state index in [1.807, 2.05) is 32.9 Å². The van der Waals surface area contributed by atoms with Crippen LogP contribution in [-0.2, 0) is 14.3 Å². The molecular formula is C21H23NO5S. The summed E-state index contributed by atoms with van der Waals surface area (Å²) in [6.45, 7) is 6.77. The molecule has 0 aliphatic carbocycles. The highest BCUT2D eigenvalue weighted by atomic mass is 32.2. The summed E-state index contributed by atoms with van der Waals surface area (Å²) in [4.78, 5) is 38.8. The SMILES string of the molecule is CC(=O)N1[C@@H](C(=O)OCC(=O)c2c(C)cc(C)cc2C)CS[C@H]1c1ccco1. The third kappa shape index (κ3) is 3.99. The van der Waals surface area contributed by atoms with Crippen molar-refractivity contribution in [2.24, 2.45) is 0 Å². The summed E-state index contributed by atoms with van der Waals surface area (Å²) in [6, 6.07) is 6.63. The highest BCUT2D eigenvalue weighted by Crippen LogP contribution is 2.41. The fourth-order valence-electron chi connectivity index (χ4n) is 3.65. The first kappa shape index (κ1) is 20.2. The first-order valence-electron chi connectivity index (χ1n) is 9.01. The maximum absolute atomic E-state index is 12.6. The van der Waals surface area contributed by atoms with Gasteiger partial charge in [-0.2, -0.15) is 0 Å². The molecule has 1 aromatic carbocycles. The molecule has 1 aliphatic heterocycles. The Bertz CT molecular complexity index is 883. The molecule has 7 heteroatoms. The van der Waals surface area contributed by atoms with Gasteiger partial charge in [-0.05, 0) is 44.0 Å². The van der Waals surface area contributed by atoms with Crippen molar-refractivity contribution < 1.29 is 23.5 Å².